The lowest BCUT2D eigenvalue weighted by Crippen LogP contribution is -2.34. The summed E-state index contributed by atoms with van der Waals surface area (Å²) in [6.07, 6.45) is 1.00. The molecule has 0 radical (unpaired) electrons. The van der Waals surface area contributed by atoms with Crippen molar-refractivity contribution >= 4 is 19.9 Å². The van der Waals surface area contributed by atoms with Crippen LogP contribution in [0.2, 0.25) is 0 Å². The Balaban J connectivity index is 4.10. The largest absolute Gasteiger partial charge is 0.330 e. The minimum atomic E-state index is -3.50. The summed E-state index contributed by atoms with van der Waals surface area (Å²) < 4.78 is 46.4. The summed E-state index contributed by atoms with van der Waals surface area (Å²) in [5.74, 6) is -0.722. The molecule has 0 saturated carbocycles. The van der Waals surface area contributed by atoms with Crippen LogP contribution in [0.1, 0.15) is 6.92 Å². The summed E-state index contributed by atoms with van der Waals surface area (Å²) in [6.45, 7) is 2.43. The number of nitrogens with two attached hydrogens (primary N) is 1. The van der Waals surface area contributed by atoms with Crippen molar-refractivity contribution in [3.05, 3.63) is 0 Å². The summed E-state index contributed by atoms with van der Waals surface area (Å²) in [5.41, 5.74) is 5.31. The van der Waals surface area contributed by atoms with Crippen molar-refractivity contribution in [2.24, 2.45) is 11.7 Å². The van der Waals surface area contributed by atoms with Gasteiger partial charge in [0, 0.05) is 12.8 Å². The summed E-state index contributed by atoms with van der Waals surface area (Å²) >= 11 is 0. The van der Waals surface area contributed by atoms with Gasteiger partial charge in [-0.15, -0.1) is 0 Å². The number of rotatable bonds is 7. The molecule has 0 fully saturated rings. The fraction of sp³-hybridized carbons (Fsp3) is 1.00. The summed E-state index contributed by atoms with van der Waals surface area (Å²) in [4.78, 5) is 0. The molecule has 6 nitrogen and oxygen atoms in total. The molecule has 3 N–H and O–H groups in total. The van der Waals surface area contributed by atoms with Crippen LogP contribution in [0.25, 0.3) is 0 Å². The molecule has 1 unspecified atom stereocenters. The number of nitrogens with one attached hydrogen (secondary N) is 1. The lowest BCUT2D eigenvalue weighted by atomic mass is 10.2. The van der Waals surface area contributed by atoms with Crippen molar-refractivity contribution in [1.29, 1.82) is 0 Å². The van der Waals surface area contributed by atoms with Crippen molar-refractivity contribution in [3.63, 3.8) is 0 Å². The van der Waals surface area contributed by atoms with Crippen molar-refractivity contribution in [2.75, 3.05) is 30.9 Å². The zero-order valence-electron chi connectivity index (χ0n) is 8.93. The first-order valence-electron chi connectivity index (χ1n) is 4.51. The van der Waals surface area contributed by atoms with Gasteiger partial charge in [-0.1, -0.05) is 6.92 Å². The van der Waals surface area contributed by atoms with Crippen LogP contribution in [0.5, 0.6) is 0 Å². The van der Waals surface area contributed by atoms with E-state index in [4.69, 9.17) is 5.73 Å². The van der Waals surface area contributed by atoms with Gasteiger partial charge in [0.05, 0.1) is 11.5 Å². The van der Waals surface area contributed by atoms with Crippen LogP contribution >= 0.6 is 0 Å². The summed E-state index contributed by atoms with van der Waals surface area (Å²) in [5, 5.41) is 0. The predicted molar refractivity (Wildman–Crippen MR) is 59.7 cm³/mol. The smallest absolute Gasteiger partial charge is 0.212 e. The molecule has 0 amide bonds. The number of hydrogen-bond acceptors (Lipinski definition) is 5. The topological polar surface area (TPSA) is 106 Å². The fourth-order valence-electron chi connectivity index (χ4n) is 0.686. The van der Waals surface area contributed by atoms with Crippen LogP contribution in [0.3, 0.4) is 0 Å². The standard InChI is InChI=1S/C7H18N2O4S2/c1-7(5-8)6-9-15(12,13)4-3-14(2,10)11/h7,9H,3-6,8H2,1-2H3. The predicted octanol–water partition coefficient (Wildman–Crippen LogP) is -1.45. The molecular weight excluding hydrogens is 240 g/mol. The maximum absolute atomic E-state index is 11.3. The SMILES string of the molecule is CC(CN)CNS(=O)(=O)CCS(C)(=O)=O. The molecule has 0 rings (SSSR count). The Morgan fingerprint density at radius 1 is 1.20 bits per heavy atom. The van der Waals surface area contributed by atoms with Gasteiger partial charge in [-0.3, -0.25) is 0 Å². The van der Waals surface area contributed by atoms with E-state index in [9.17, 15) is 16.8 Å². The molecule has 0 aliphatic heterocycles. The average Bonchev–Trinajstić information content (AvgIpc) is 2.10. The van der Waals surface area contributed by atoms with Crippen LogP contribution in [0, 0.1) is 5.92 Å². The molecule has 0 aliphatic carbocycles. The first kappa shape index (κ1) is 14.8. The molecule has 0 bridgehead atoms. The van der Waals surface area contributed by atoms with Gasteiger partial charge in [0.2, 0.25) is 10.0 Å². The summed E-state index contributed by atoms with van der Waals surface area (Å²) in [6, 6.07) is 0. The van der Waals surface area contributed by atoms with Crippen molar-refractivity contribution in [1.82, 2.24) is 4.72 Å². The highest BCUT2D eigenvalue weighted by atomic mass is 32.2. The van der Waals surface area contributed by atoms with Gasteiger partial charge in [0.25, 0.3) is 0 Å². The van der Waals surface area contributed by atoms with Crippen LogP contribution in [-0.4, -0.2) is 47.7 Å². The van der Waals surface area contributed by atoms with E-state index in [1.807, 2.05) is 0 Å². The van der Waals surface area contributed by atoms with E-state index >= 15 is 0 Å². The average molecular weight is 258 g/mol. The molecule has 15 heavy (non-hydrogen) atoms. The molecular formula is C7H18N2O4S2. The lowest BCUT2D eigenvalue weighted by molar-refractivity contribution is 0.545. The maximum atomic E-state index is 11.3. The Hall–Kier alpha value is -0.180. The molecule has 0 saturated heterocycles. The van der Waals surface area contributed by atoms with Crippen LogP contribution in [0.15, 0.2) is 0 Å². The van der Waals surface area contributed by atoms with Crippen LogP contribution in [0.4, 0.5) is 0 Å². The third kappa shape index (κ3) is 8.79. The third-order valence-corrected chi connectivity index (χ3v) is 4.33. The molecule has 0 heterocycles. The second kappa shape index (κ2) is 5.78. The zero-order chi connectivity index (χ0) is 12.1. The molecule has 0 aromatic rings. The molecule has 1 atom stereocenters. The highest BCUT2D eigenvalue weighted by Gasteiger charge is 2.14. The number of hydrogen-bond donors (Lipinski definition) is 2. The van der Waals surface area contributed by atoms with E-state index in [1.165, 1.54) is 0 Å². The van der Waals surface area contributed by atoms with Gasteiger partial charge in [0.1, 0.15) is 9.84 Å². The van der Waals surface area contributed by atoms with Gasteiger partial charge < -0.3 is 5.73 Å². The number of sulfone groups is 1. The number of sulfonamides is 1. The second-order valence-corrected chi connectivity index (χ2v) is 7.82. The van der Waals surface area contributed by atoms with Crippen molar-refractivity contribution < 1.29 is 16.8 Å². The first-order valence-corrected chi connectivity index (χ1v) is 8.22. The monoisotopic (exact) mass is 258 g/mol. The summed E-state index contributed by atoms with van der Waals surface area (Å²) in [7, 11) is -6.75. The van der Waals surface area contributed by atoms with Crippen molar-refractivity contribution in [2.45, 2.75) is 6.92 Å². The van der Waals surface area contributed by atoms with Gasteiger partial charge in [-0.25, -0.2) is 21.6 Å². The van der Waals surface area contributed by atoms with Gasteiger partial charge in [-0.05, 0) is 12.5 Å². The van der Waals surface area contributed by atoms with Crippen molar-refractivity contribution in [3.8, 4) is 0 Å². The second-order valence-electron chi connectivity index (χ2n) is 3.64. The Kier molecular flexibility index (Phi) is 5.71. The van der Waals surface area contributed by atoms with Gasteiger partial charge in [0.15, 0.2) is 0 Å². The highest BCUT2D eigenvalue weighted by molar-refractivity contribution is 7.93. The van der Waals surface area contributed by atoms with Crippen LogP contribution < -0.4 is 10.5 Å². The van der Waals surface area contributed by atoms with Gasteiger partial charge in [-0.2, -0.15) is 0 Å². The van der Waals surface area contributed by atoms with E-state index < -0.39 is 25.6 Å². The normalized spacial score (nSPS) is 15.1. The molecule has 0 aromatic carbocycles. The zero-order valence-corrected chi connectivity index (χ0v) is 10.6. The van der Waals surface area contributed by atoms with E-state index in [0.29, 0.717) is 6.54 Å². The molecule has 0 spiro atoms. The Labute approximate surface area is 91.2 Å². The fourth-order valence-corrected chi connectivity index (χ4v) is 3.46. The first-order chi connectivity index (χ1) is 6.66. The van der Waals surface area contributed by atoms with E-state index in [-0.39, 0.29) is 18.2 Å². The molecule has 0 aliphatic rings. The van der Waals surface area contributed by atoms with E-state index in [0.717, 1.165) is 6.26 Å². The van der Waals surface area contributed by atoms with Gasteiger partial charge >= 0.3 is 0 Å². The molecule has 0 aromatic heterocycles. The Morgan fingerprint density at radius 2 is 1.73 bits per heavy atom. The van der Waals surface area contributed by atoms with E-state index in [1.54, 1.807) is 6.92 Å². The molecule has 8 heteroatoms. The van der Waals surface area contributed by atoms with Crippen LogP contribution in [-0.2, 0) is 19.9 Å². The third-order valence-electron chi connectivity index (χ3n) is 1.78. The molecule has 92 valence electrons. The highest BCUT2D eigenvalue weighted by Crippen LogP contribution is 1.93. The maximum Gasteiger partial charge on any atom is 0.212 e. The lowest BCUT2D eigenvalue weighted by Gasteiger charge is -2.10. The minimum absolute atomic E-state index is 0.0398. The quantitative estimate of drug-likeness (QED) is 0.581. The Morgan fingerprint density at radius 3 is 2.13 bits per heavy atom. The van der Waals surface area contributed by atoms with E-state index in [2.05, 4.69) is 4.72 Å². The Bertz CT molecular complexity index is 374. The minimum Gasteiger partial charge on any atom is -0.330 e.